The number of aliphatic carboxylic acids is 1. The van der Waals surface area contributed by atoms with Gasteiger partial charge < -0.3 is 10.4 Å². The number of aryl methyl sites for hydroxylation is 2. The molecule has 1 saturated carbocycles. The van der Waals surface area contributed by atoms with Crippen LogP contribution in [0.5, 0.6) is 0 Å². The van der Waals surface area contributed by atoms with Crippen LogP contribution in [0.15, 0.2) is 6.07 Å². The molecule has 0 aliphatic heterocycles. The molecule has 1 aromatic heterocycles. The Kier molecular flexibility index (Phi) is 4.65. The van der Waals surface area contributed by atoms with Crippen LogP contribution in [-0.4, -0.2) is 33.3 Å². The van der Waals surface area contributed by atoms with Gasteiger partial charge in [-0.15, -0.1) is 0 Å². The summed E-state index contributed by atoms with van der Waals surface area (Å²) in [6.45, 7) is 2.01. The predicted octanol–water partition coefficient (Wildman–Crippen LogP) is 1.88. The summed E-state index contributed by atoms with van der Waals surface area (Å²) in [5.41, 5.74) is 0.409. The van der Waals surface area contributed by atoms with E-state index in [0.717, 1.165) is 31.4 Å². The lowest BCUT2D eigenvalue weighted by atomic mass is 9.80. The lowest BCUT2D eigenvalue weighted by Crippen LogP contribution is -2.43. The van der Waals surface area contributed by atoms with Crippen LogP contribution in [-0.2, 0) is 11.8 Å². The maximum Gasteiger partial charge on any atom is 0.311 e. The molecule has 0 spiro atoms. The highest BCUT2D eigenvalue weighted by molar-refractivity contribution is 5.93. The number of nitrogens with zero attached hydrogens (tertiary/aromatic N) is 2. The first kappa shape index (κ1) is 15.5. The molecule has 1 aliphatic carbocycles. The average Bonchev–Trinajstić information content (AvgIpc) is 2.65. The fourth-order valence-electron chi connectivity index (χ4n) is 3.03. The fraction of sp³-hybridized carbons (Fsp3) is 0.667. The second-order valence-electron chi connectivity index (χ2n) is 5.98. The zero-order valence-electron chi connectivity index (χ0n) is 12.7. The van der Waals surface area contributed by atoms with Crippen molar-refractivity contribution in [3.8, 4) is 0 Å². The molecule has 0 bridgehead atoms. The second kappa shape index (κ2) is 6.28. The third kappa shape index (κ3) is 3.43. The van der Waals surface area contributed by atoms with Crippen LogP contribution in [0.2, 0.25) is 0 Å². The first-order valence-electron chi connectivity index (χ1n) is 7.47. The van der Waals surface area contributed by atoms with Crippen molar-refractivity contribution in [1.29, 1.82) is 0 Å². The lowest BCUT2D eigenvalue weighted by Gasteiger charge is -2.28. The summed E-state index contributed by atoms with van der Waals surface area (Å²) < 4.78 is 1.52. The molecule has 21 heavy (non-hydrogen) atoms. The van der Waals surface area contributed by atoms with Crippen LogP contribution in [0.3, 0.4) is 0 Å². The highest BCUT2D eigenvalue weighted by atomic mass is 16.4. The number of amides is 1. The molecular weight excluding hydrogens is 270 g/mol. The van der Waals surface area contributed by atoms with Gasteiger partial charge in [0, 0.05) is 13.6 Å². The Hall–Kier alpha value is -1.85. The van der Waals surface area contributed by atoms with Crippen molar-refractivity contribution >= 4 is 11.9 Å². The summed E-state index contributed by atoms with van der Waals surface area (Å²) in [6.07, 6.45) is 5.23. The van der Waals surface area contributed by atoms with Crippen LogP contribution >= 0.6 is 0 Å². The molecule has 2 rings (SSSR count). The van der Waals surface area contributed by atoms with E-state index in [4.69, 9.17) is 0 Å². The molecule has 6 nitrogen and oxygen atoms in total. The van der Waals surface area contributed by atoms with Gasteiger partial charge >= 0.3 is 5.97 Å². The fourth-order valence-corrected chi connectivity index (χ4v) is 3.03. The largest absolute Gasteiger partial charge is 0.481 e. The number of aromatic nitrogens is 2. The molecule has 0 saturated heterocycles. The van der Waals surface area contributed by atoms with Crippen molar-refractivity contribution < 1.29 is 14.7 Å². The van der Waals surface area contributed by atoms with Crippen molar-refractivity contribution in [3.63, 3.8) is 0 Å². The standard InChI is InChI=1S/C15H23N3O3/c1-11-9-12(18(2)17-11)13(19)16-10-15(14(20)21)7-5-3-4-6-8-15/h9H,3-8,10H2,1-2H3,(H,16,19)(H,20,21). The van der Waals surface area contributed by atoms with E-state index in [0.29, 0.717) is 18.5 Å². The quantitative estimate of drug-likeness (QED) is 0.830. The molecule has 1 fully saturated rings. The van der Waals surface area contributed by atoms with Gasteiger partial charge in [-0.3, -0.25) is 14.3 Å². The normalized spacial score (nSPS) is 18.0. The number of hydrogen-bond acceptors (Lipinski definition) is 3. The molecular formula is C15H23N3O3. The van der Waals surface area contributed by atoms with E-state index in [2.05, 4.69) is 10.4 Å². The zero-order chi connectivity index (χ0) is 15.5. The third-order valence-electron chi connectivity index (χ3n) is 4.34. The Labute approximate surface area is 124 Å². The summed E-state index contributed by atoms with van der Waals surface area (Å²) in [6, 6.07) is 1.70. The predicted molar refractivity (Wildman–Crippen MR) is 78.0 cm³/mol. The van der Waals surface area contributed by atoms with E-state index in [1.54, 1.807) is 13.1 Å². The first-order valence-corrected chi connectivity index (χ1v) is 7.47. The number of carboxylic acids is 1. The Balaban J connectivity index is 2.06. The minimum absolute atomic E-state index is 0.186. The topological polar surface area (TPSA) is 84.2 Å². The number of rotatable bonds is 4. The van der Waals surface area contributed by atoms with Gasteiger partial charge in [-0.25, -0.2) is 0 Å². The summed E-state index contributed by atoms with van der Waals surface area (Å²) >= 11 is 0. The van der Waals surface area contributed by atoms with Gasteiger partial charge in [-0.2, -0.15) is 5.10 Å². The Morgan fingerprint density at radius 3 is 2.43 bits per heavy atom. The molecule has 2 N–H and O–H groups in total. The van der Waals surface area contributed by atoms with Crippen LogP contribution in [0.25, 0.3) is 0 Å². The third-order valence-corrected chi connectivity index (χ3v) is 4.34. The van der Waals surface area contributed by atoms with Gasteiger partial charge in [-0.1, -0.05) is 25.7 Å². The van der Waals surface area contributed by atoms with E-state index in [1.165, 1.54) is 4.68 Å². The molecule has 1 aliphatic rings. The molecule has 1 amide bonds. The molecule has 0 unspecified atom stereocenters. The van der Waals surface area contributed by atoms with Gasteiger partial charge in [0.25, 0.3) is 5.91 Å². The Morgan fingerprint density at radius 2 is 1.95 bits per heavy atom. The van der Waals surface area contributed by atoms with Crippen LogP contribution in [0, 0.1) is 12.3 Å². The van der Waals surface area contributed by atoms with Crippen molar-refractivity contribution in [3.05, 3.63) is 17.5 Å². The number of nitrogens with one attached hydrogen (secondary N) is 1. The molecule has 0 atom stereocenters. The summed E-state index contributed by atoms with van der Waals surface area (Å²) in [5, 5.41) is 16.5. The first-order chi connectivity index (χ1) is 9.94. The van der Waals surface area contributed by atoms with Gasteiger partial charge in [0.2, 0.25) is 0 Å². The molecule has 1 aromatic rings. The number of carboxylic acid groups (broad SMARTS) is 1. The molecule has 116 valence electrons. The monoisotopic (exact) mass is 293 g/mol. The maximum atomic E-state index is 12.2. The number of hydrogen-bond donors (Lipinski definition) is 2. The van der Waals surface area contributed by atoms with Crippen molar-refractivity contribution in [1.82, 2.24) is 15.1 Å². The van der Waals surface area contributed by atoms with Gasteiger partial charge in [-0.05, 0) is 25.8 Å². The van der Waals surface area contributed by atoms with Crippen molar-refractivity contribution in [2.75, 3.05) is 6.54 Å². The van der Waals surface area contributed by atoms with E-state index in [1.807, 2.05) is 6.92 Å². The van der Waals surface area contributed by atoms with E-state index in [-0.39, 0.29) is 12.5 Å². The molecule has 0 aromatic carbocycles. The molecule has 6 heteroatoms. The molecule has 1 heterocycles. The summed E-state index contributed by atoms with van der Waals surface area (Å²) in [4.78, 5) is 23.9. The van der Waals surface area contributed by atoms with E-state index < -0.39 is 11.4 Å². The zero-order valence-corrected chi connectivity index (χ0v) is 12.7. The highest BCUT2D eigenvalue weighted by Crippen LogP contribution is 2.34. The molecule has 0 radical (unpaired) electrons. The van der Waals surface area contributed by atoms with Crippen LogP contribution in [0.4, 0.5) is 0 Å². The lowest BCUT2D eigenvalue weighted by molar-refractivity contribution is -0.149. The summed E-state index contributed by atoms with van der Waals surface area (Å²) in [7, 11) is 1.71. The van der Waals surface area contributed by atoms with E-state index in [9.17, 15) is 14.7 Å². The minimum atomic E-state index is -0.820. The second-order valence-corrected chi connectivity index (χ2v) is 5.98. The van der Waals surface area contributed by atoms with E-state index >= 15 is 0 Å². The maximum absolute atomic E-state index is 12.2. The number of carbonyl (C=O) groups is 2. The Morgan fingerprint density at radius 1 is 1.33 bits per heavy atom. The van der Waals surface area contributed by atoms with Crippen molar-refractivity contribution in [2.24, 2.45) is 12.5 Å². The highest BCUT2D eigenvalue weighted by Gasteiger charge is 2.39. The number of carbonyl (C=O) groups excluding carboxylic acids is 1. The Bertz CT molecular complexity index is 528. The van der Waals surface area contributed by atoms with Crippen LogP contribution < -0.4 is 5.32 Å². The van der Waals surface area contributed by atoms with Gasteiger partial charge in [0.1, 0.15) is 5.69 Å². The minimum Gasteiger partial charge on any atom is -0.481 e. The van der Waals surface area contributed by atoms with Crippen LogP contribution in [0.1, 0.15) is 54.7 Å². The smallest absolute Gasteiger partial charge is 0.311 e. The van der Waals surface area contributed by atoms with Crippen molar-refractivity contribution in [2.45, 2.75) is 45.4 Å². The van der Waals surface area contributed by atoms with Gasteiger partial charge in [0.15, 0.2) is 0 Å². The average molecular weight is 293 g/mol. The SMILES string of the molecule is Cc1cc(C(=O)NCC2(C(=O)O)CCCCCC2)n(C)n1. The summed E-state index contributed by atoms with van der Waals surface area (Å²) in [5.74, 6) is -1.06. The van der Waals surface area contributed by atoms with Gasteiger partial charge in [0.05, 0.1) is 11.1 Å².